The fourth-order valence-corrected chi connectivity index (χ4v) is 3.23. The van der Waals surface area contributed by atoms with Gasteiger partial charge in [-0.25, -0.2) is 9.18 Å². The molecule has 0 aromatic heterocycles. The highest BCUT2D eigenvalue weighted by molar-refractivity contribution is 5.80. The van der Waals surface area contributed by atoms with Crippen molar-refractivity contribution in [2.75, 3.05) is 0 Å². The zero-order valence-corrected chi connectivity index (χ0v) is 12.6. The van der Waals surface area contributed by atoms with E-state index in [1.165, 1.54) is 25.0 Å². The highest BCUT2D eigenvalue weighted by Crippen LogP contribution is 2.29. The van der Waals surface area contributed by atoms with Crippen molar-refractivity contribution in [1.29, 1.82) is 0 Å². The fraction of sp³-hybridized carbons (Fsp3) is 0.588. The lowest BCUT2D eigenvalue weighted by molar-refractivity contribution is -0.146. The largest absolute Gasteiger partial charge is 0.480 e. The molecule has 1 atom stereocenters. The van der Waals surface area contributed by atoms with E-state index < -0.39 is 11.5 Å². The molecule has 0 aliphatic heterocycles. The summed E-state index contributed by atoms with van der Waals surface area (Å²) >= 11 is 0. The molecule has 0 saturated heterocycles. The molecule has 116 valence electrons. The van der Waals surface area contributed by atoms with Crippen molar-refractivity contribution in [1.82, 2.24) is 5.32 Å². The summed E-state index contributed by atoms with van der Waals surface area (Å²) in [6.45, 7) is 1.86. The lowest BCUT2D eigenvalue weighted by Gasteiger charge is -2.34. The Balaban J connectivity index is 2.27. The molecule has 0 spiro atoms. The van der Waals surface area contributed by atoms with E-state index in [-0.39, 0.29) is 11.9 Å². The van der Waals surface area contributed by atoms with Gasteiger partial charge < -0.3 is 5.11 Å². The van der Waals surface area contributed by atoms with E-state index in [1.54, 1.807) is 12.1 Å². The van der Waals surface area contributed by atoms with Crippen LogP contribution in [0.15, 0.2) is 24.3 Å². The summed E-state index contributed by atoms with van der Waals surface area (Å²) < 4.78 is 13.1. The second kappa shape index (κ2) is 7.03. The number of carboxylic acids is 1. The van der Waals surface area contributed by atoms with Gasteiger partial charge in [0.2, 0.25) is 0 Å². The van der Waals surface area contributed by atoms with Gasteiger partial charge in [0.1, 0.15) is 11.4 Å². The minimum Gasteiger partial charge on any atom is -0.480 e. The van der Waals surface area contributed by atoms with Gasteiger partial charge >= 0.3 is 5.97 Å². The molecule has 4 heteroatoms. The van der Waals surface area contributed by atoms with Gasteiger partial charge in [-0.15, -0.1) is 0 Å². The highest BCUT2D eigenvalue weighted by Gasteiger charge is 2.40. The molecule has 1 aromatic carbocycles. The quantitative estimate of drug-likeness (QED) is 0.811. The molecule has 3 nitrogen and oxygen atoms in total. The summed E-state index contributed by atoms with van der Waals surface area (Å²) in [5, 5.41) is 13.2. The average molecular weight is 293 g/mol. The van der Waals surface area contributed by atoms with Gasteiger partial charge in [-0.05, 0) is 37.0 Å². The van der Waals surface area contributed by atoms with E-state index in [1.807, 2.05) is 6.92 Å². The van der Waals surface area contributed by atoms with Crippen LogP contribution < -0.4 is 5.32 Å². The zero-order valence-electron chi connectivity index (χ0n) is 12.6. The number of carbonyl (C=O) groups is 1. The molecule has 2 rings (SSSR count). The lowest BCUT2D eigenvalue weighted by Crippen LogP contribution is -2.53. The lowest BCUT2D eigenvalue weighted by atomic mass is 9.85. The standard InChI is InChI=1S/C17H24FNO2/c1-2-17(16(20)21,13-9-11-14(18)12-10-13)19-15-7-5-3-4-6-8-15/h9-12,15,19H,2-8H2,1H3,(H,20,21). The zero-order chi connectivity index (χ0) is 15.3. The molecule has 1 aliphatic rings. The normalized spacial score (nSPS) is 19.7. The number of nitrogens with one attached hydrogen (secondary N) is 1. The maximum atomic E-state index is 13.1. The van der Waals surface area contributed by atoms with Crippen molar-refractivity contribution >= 4 is 5.97 Å². The fourth-order valence-electron chi connectivity index (χ4n) is 3.23. The number of aliphatic carboxylic acids is 1. The first kappa shape index (κ1) is 16.0. The number of rotatable bonds is 5. The SMILES string of the molecule is CCC(NC1CCCCCC1)(C(=O)O)c1ccc(F)cc1. The smallest absolute Gasteiger partial charge is 0.328 e. The van der Waals surface area contributed by atoms with Gasteiger partial charge in [0.05, 0.1) is 0 Å². The first-order valence-electron chi connectivity index (χ1n) is 7.85. The molecular formula is C17H24FNO2. The monoisotopic (exact) mass is 293 g/mol. The summed E-state index contributed by atoms with van der Waals surface area (Å²) in [5.74, 6) is -1.23. The topological polar surface area (TPSA) is 49.3 Å². The molecule has 0 heterocycles. The van der Waals surface area contributed by atoms with Crippen LogP contribution in [-0.4, -0.2) is 17.1 Å². The molecule has 21 heavy (non-hydrogen) atoms. The third-order valence-corrected chi connectivity index (χ3v) is 4.54. The number of hydrogen-bond acceptors (Lipinski definition) is 2. The number of halogens is 1. The Morgan fingerprint density at radius 2 is 1.81 bits per heavy atom. The van der Waals surface area contributed by atoms with E-state index >= 15 is 0 Å². The van der Waals surface area contributed by atoms with E-state index in [0.29, 0.717) is 12.0 Å². The number of carboxylic acid groups (broad SMARTS) is 1. The maximum Gasteiger partial charge on any atom is 0.328 e. The average Bonchev–Trinajstić information content (AvgIpc) is 2.74. The van der Waals surface area contributed by atoms with Crippen LogP contribution in [0.4, 0.5) is 4.39 Å². The van der Waals surface area contributed by atoms with Crippen molar-refractivity contribution < 1.29 is 14.3 Å². The van der Waals surface area contributed by atoms with Crippen LogP contribution in [0.5, 0.6) is 0 Å². The summed E-state index contributed by atoms with van der Waals surface area (Å²) in [6, 6.07) is 6.04. The van der Waals surface area contributed by atoms with Gasteiger partial charge in [0.25, 0.3) is 0 Å². The minimum absolute atomic E-state index is 0.216. The van der Waals surface area contributed by atoms with Crippen LogP contribution in [-0.2, 0) is 10.3 Å². The second-order valence-electron chi connectivity index (χ2n) is 5.90. The molecule has 0 bridgehead atoms. The molecule has 1 saturated carbocycles. The Morgan fingerprint density at radius 3 is 2.29 bits per heavy atom. The molecule has 1 aromatic rings. The van der Waals surface area contributed by atoms with Gasteiger partial charge in [-0.3, -0.25) is 5.32 Å². The number of benzene rings is 1. The summed E-state index contributed by atoms with van der Waals surface area (Å²) in [5.41, 5.74) is -0.494. The minimum atomic E-state index is -1.12. The number of hydrogen-bond donors (Lipinski definition) is 2. The van der Waals surface area contributed by atoms with Crippen LogP contribution in [0.25, 0.3) is 0 Å². The molecule has 1 aliphatic carbocycles. The molecule has 0 amide bonds. The predicted molar refractivity (Wildman–Crippen MR) is 80.6 cm³/mol. The Morgan fingerprint density at radius 1 is 1.24 bits per heavy atom. The Hall–Kier alpha value is -1.42. The van der Waals surface area contributed by atoms with Gasteiger partial charge in [0, 0.05) is 6.04 Å². The van der Waals surface area contributed by atoms with Crippen LogP contribution in [0, 0.1) is 5.82 Å². The van der Waals surface area contributed by atoms with Crippen LogP contribution in [0.1, 0.15) is 57.4 Å². The van der Waals surface area contributed by atoms with Gasteiger partial charge in [-0.2, -0.15) is 0 Å². The molecule has 2 N–H and O–H groups in total. The van der Waals surface area contributed by atoms with E-state index in [0.717, 1.165) is 25.7 Å². The molecule has 1 fully saturated rings. The van der Waals surface area contributed by atoms with E-state index in [4.69, 9.17) is 0 Å². The predicted octanol–water partition coefficient (Wildman–Crippen LogP) is 3.83. The molecular weight excluding hydrogens is 269 g/mol. The van der Waals surface area contributed by atoms with Crippen molar-refractivity contribution in [2.24, 2.45) is 0 Å². The Bertz CT molecular complexity index is 466. The third kappa shape index (κ3) is 3.62. The van der Waals surface area contributed by atoms with Gasteiger partial charge in [-0.1, -0.05) is 44.7 Å². The van der Waals surface area contributed by atoms with Crippen molar-refractivity contribution in [3.63, 3.8) is 0 Å². The summed E-state index contributed by atoms with van der Waals surface area (Å²) in [7, 11) is 0. The highest BCUT2D eigenvalue weighted by atomic mass is 19.1. The summed E-state index contributed by atoms with van der Waals surface area (Å²) in [6.07, 6.45) is 7.18. The van der Waals surface area contributed by atoms with Gasteiger partial charge in [0.15, 0.2) is 0 Å². The van der Waals surface area contributed by atoms with Crippen LogP contribution in [0.3, 0.4) is 0 Å². The first-order chi connectivity index (χ1) is 10.1. The molecule has 1 unspecified atom stereocenters. The van der Waals surface area contributed by atoms with Crippen molar-refractivity contribution in [2.45, 2.75) is 63.5 Å². The Kier molecular flexibility index (Phi) is 5.34. The first-order valence-corrected chi connectivity index (χ1v) is 7.85. The Labute approximate surface area is 125 Å². The van der Waals surface area contributed by atoms with E-state index in [2.05, 4.69) is 5.32 Å². The second-order valence-corrected chi connectivity index (χ2v) is 5.90. The molecule has 0 radical (unpaired) electrons. The van der Waals surface area contributed by atoms with Crippen molar-refractivity contribution in [3.8, 4) is 0 Å². The van der Waals surface area contributed by atoms with E-state index in [9.17, 15) is 14.3 Å². The van der Waals surface area contributed by atoms with Crippen LogP contribution >= 0.6 is 0 Å². The maximum absolute atomic E-state index is 13.1. The van der Waals surface area contributed by atoms with Crippen LogP contribution in [0.2, 0.25) is 0 Å². The summed E-state index contributed by atoms with van der Waals surface area (Å²) in [4.78, 5) is 11.9. The third-order valence-electron chi connectivity index (χ3n) is 4.54. The van der Waals surface area contributed by atoms with Crippen molar-refractivity contribution in [3.05, 3.63) is 35.6 Å².